The highest BCUT2D eigenvalue weighted by Crippen LogP contribution is 2.31. The molecule has 5 heteroatoms. The number of imide groups is 1. The van der Waals surface area contributed by atoms with E-state index in [9.17, 15) is 9.59 Å². The van der Waals surface area contributed by atoms with Gasteiger partial charge in [-0.1, -0.05) is 54.4 Å². The molecule has 0 aliphatic carbocycles. The number of nitrogens with zero attached hydrogens (tertiary/aromatic N) is 1. The molecule has 2 amide bonds. The molecule has 1 heterocycles. The van der Waals surface area contributed by atoms with Crippen molar-refractivity contribution in [2.24, 2.45) is 0 Å². The lowest BCUT2D eigenvalue weighted by Gasteiger charge is -2.16. The summed E-state index contributed by atoms with van der Waals surface area (Å²) in [7, 11) is 0. The van der Waals surface area contributed by atoms with Crippen LogP contribution in [0.4, 0.5) is 11.4 Å². The Balaban J connectivity index is 1.93. The van der Waals surface area contributed by atoms with E-state index in [2.05, 4.69) is 5.32 Å². The van der Waals surface area contributed by atoms with Crippen LogP contribution in [-0.2, 0) is 16.0 Å². The summed E-state index contributed by atoms with van der Waals surface area (Å²) in [5.41, 5.74) is 3.49. The van der Waals surface area contributed by atoms with Crippen molar-refractivity contribution in [1.29, 1.82) is 0 Å². The molecule has 122 valence electrons. The van der Waals surface area contributed by atoms with E-state index in [1.165, 1.54) is 0 Å². The molecule has 2 aromatic carbocycles. The van der Waals surface area contributed by atoms with Gasteiger partial charge in [0, 0.05) is 5.69 Å². The van der Waals surface area contributed by atoms with E-state index in [1.807, 2.05) is 50.2 Å². The molecule has 0 aromatic heterocycles. The van der Waals surface area contributed by atoms with Gasteiger partial charge in [-0.25, -0.2) is 4.90 Å². The number of para-hydroxylation sites is 1. The Kier molecular flexibility index (Phi) is 4.40. The molecule has 0 bridgehead atoms. The molecule has 24 heavy (non-hydrogen) atoms. The van der Waals surface area contributed by atoms with Crippen LogP contribution in [-0.4, -0.2) is 11.8 Å². The summed E-state index contributed by atoms with van der Waals surface area (Å²) in [6, 6.07) is 14.8. The minimum Gasteiger partial charge on any atom is -0.349 e. The fraction of sp³-hybridized carbons (Fsp3) is 0.158. The van der Waals surface area contributed by atoms with Crippen LogP contribution in [0.5, 0.6) is 0 Å². The van der Waals surface area contributed by atoms with Gasteiger partial charge in [0.25, 0.3) is 11.8 Å². The maximum Gasteiger partial charge on any atom is 0.283 e. The van der Waals surface area contributed by atoms with E-state index in [-0.39, 0.29) is 10.7 Å². The second kappa shape index (κ2) is 6.49. The molecule has 4 nitrogen and oxygen atoms in total. The maximum absolute atomic E-state index is 12.7. The zero-order valence-corrected chi connectivity index (χ0v) is 14.2. The van der Waals surface area contributed by atoms with E-state index >= 15 is 0 Å². The summed E-state index contributed by atoms with van der Waals surface area (Å²) in [5, 5.41) is 2.95. The molecule has 3 rings (SSSR count). The Morgan fingerprint density at radius 2 is 1.67 bits per heavy atom. The first-order chi connectivity index (χ1) is 11.5. The van der Waals surface area contributed by atoms with E-state index < -0.39 is 11.8 Å². The number of anilines is 2. The lowest BCUT2D eigenvalue weighted by atomic mass is 10.1. The fourth-order valence-electron chi connectivity index (χ4n) is 2.62. The zero-order valence-electron chi connectivity index (χ0n) is 13.5. The van der Waals surface area contributed by atoms with Crippen LogP contribution in [0.25, 0.3) is 0 Å². The Morgan fingerprint density at radius 3 is 2.33 bits per heavy atom. The van der Waals surface area contributed by atoms with Gasteiger partial charge < -0.3 is 5.32 Å². The largest absolute Gasteiger partial charge is 0.349 e. The smallest absolute Gasteiger partial charge is 0.283 e. The van der Waals surface area contributed by atoms with E-state index in [0.29, 0.717) is 5.69 Å². The third-order valence-electron chi connectivity index (χ3n) is 3.98. The van der Waals surface area contributed by atoms with E-state index in [4.69, 9.17) is 11.6 Å². The van der Waals surface area contributed by atoms with Crippen molar-refractivity contribution < 1.29 is 9.59 Å². The first-order valence-corrected chi connectivity index (χ1v) is 8.11. The van der Waals surface area contributed by atoms with Crippen LogP contribution in [0, 0.1) is 6.92 Å². The summed E-state index contributed by atoms with van der Waals surface area (Å²) < 4.78 is 0. The highest BCUT2D eigenvalue weighted by molar-refractivity contribution is 6.53. The van der Waals surface area contributed by atoms with Crippen molar-refractivity contribution in [2.45, 2.75) is 20.3 Å². The number of benzene rings is 2. The van der Waals surface area contributed by atoms with Gasteiger partial charge in [0.05, 0.1) is 5.69 Å². The lowest BCUT2D eigenvalue weighted by Crippen LogP contribution is -2.32. The molecule has 0 saturated heterocycles. The molecule has 2 aromatic rings. The van der Waals surface area contributed by atoms with Crippen molar-refractivity contribution in [3.63, 3.8) is 0 Å². The molecule has 1 aliphatic heterocycles. The number of hydrogen-bond donors (Lipinski definition) is 1. The van der Waals surface area contributed by atoms with E-state index in [1.54, 1.807) is 12.1 Å². The van der Waals surface area contributed by atoms with Gasteiger partial charge in [-0.05, 0) is 37.1 Å². The van der Waals surface area contributed by atoms with Crippen molar-refractivity contribution in [1.82, 2.24) is 0 Å². The predicted molar refractivity (Wildman–Crippen MR) is 96.0 cm³/mol. The topological polar surface area (TPSA) is 49.4 Å². The Hall–Kier alpha value is -2.59. The molecule has 0 radical (unpaired) electrons. The summed E-state index contributed by atoms with van der Waals surface area (Å²) >= 11 is 6.15. The molecule has 0 spiro atoms. The number of amides is 2. The third-order valence-corrected chi connectivity index (χ3v) is 4.33. The first kappa shape index (κ1) is 16.3. The molecule has 0 fully saturated rings. The number of rotatable bonds is 4. The van der Waals surface area contributed by atoms with Crippen LogP contribution < -0.4 is 10.2 Å². The summed E-state index contributed by atoms with van der Waals surface area (Å²) in [4.78, 5) is 26.2. The average Bonchev–Trinajstić information content (AvgIpc) is 2.80. The van der Waals surface area contributed by atoms with Crippen LogP contribution in [0.15, 0.2) is 59.3 Å². The van der Waals surface area contributed by atoms with Crippen molar-refractivity contribution in [3.05, 3.63) is 70.4 Å². The third kappa shape index (κ3) is 2.81. The second-order valence-corrected chi connectivity index (χ2v) is 5.98. The van der Waals surface area contributed by atoms with Crippen LogP contribution in [0.3, 0.4) is 0 Å². The number of nitrogens with one attached hydrogen (secondary N) is 1. The minimum absolute atomic E-state index is 0.0912. The van der Waals surface area contributed by atoms with Crippen LogP contribution in [0.1, 0.15) is 18.1 Å². The summed E-state index contributed by atoms with van der Waals surface area (Å²) in [6.45, 7) is 3.97. The molecule has 0 unspecified atom stereocenters. The number of aryl methyl sites for hydroxylation is 2. The Bertz CT molecular complexity index is 841. The van der Waals surface area contributed by atoms with Gasteiger partial charge in [-0.15, -0.1) is 0 Å². The van der Waals surface area contributed by atoms with Crippen molar-refractivity contribution >= 4 is 34.8 Å². The molecule has 0 atom stereocenters. The molecule has 0 saturated carbocycles. The molecule has 1 aliphatic rings. The molecular formula is C19H17ClN2O2. The van der Waals surface area contributed by atoms with Gasteiger partial charge in [-0.3, -0.25) is 9.59 Å². The van der Waals surface area contributed by atoms with Gasteiger partial charge in [0.1, 0.15) is 10.7 Å². The lowest BCUT2D eigenvalue weighted by molar-refractivity contribution is -0.120. The normalized spacial score (nSPS) is 14.5. The van der Waals surface area contributed by atoms with Gasteiger partial charge in [-0.2, -0.15) is 0 Å². The number of hydrogen-bond acceptors (Lipinski definition) is 3. The van der Waals surface area contributed by atoms with Gasteiger partial charge in [0.15, 0.2) is 0 Å². The van der Waals surface area contributed by atoms with Crippen molar-refractivity contribution in [3.8, 4) is 0 Å². The molecule has 1 N–H and O–H groups in total. The zero-order chi connectivity index (χ0) is 17.3. The Labute approximate surface area is 145 Å². The highest BCUT2D eigenvalue weighted by Gasteiger charge is 2.39. The van der Waals surface area contributed by atoms with Crippen LogP contribution >= 0.6 is 11.6 Å². The SMILES string of the molecule is CCc1ccccc1NC1=C(Cl)C(=O)N(c2ccc(C)cc2)C1=O. The second-order valence-electron chi connectivity index (χ2n) is 5.61. The standard InChI is InChI=1S/C19H17ClN2O2/c1-3-13-6-4-5-7-15(13)21-17-16(20)18(23)22(19(17)24)14-10-8-12(2)9-11-14/h4-11,21H,3H2,1-2H3. The predicted octanol–water partition coefficient (Wildman–Crippen LogP) is 3.99. The van der Waals surface area contributed by atoms with Crippen molar-refractivity contribution in [2.75, 3.05) is 10.2 Å². The van der Waals surface area contributed by atoms with Gasteiger partial charge in [0.2, 0.25) is 0 Å². The highest BCUT2D eigenvalue weighted by atomic mass is 35.5. The minimum atomic E-state index is -0.512. The maximum atomic E-state index is 12.7. The summed E-state index contributed by atoms with van der Waals surface area (Å²) in [6.07, 6.45) is 0.803. The average molecular weight is 341 g/mol. The summed E-state index contributed by atoms with van der Waals surface area (Å²) in [5.74, 6) is -0.957. The fourth-order valence-corrected chi connectivity index (χ4v) is 2.84. The number of halogens is 1. The quantitative estimate of drug-likeness (QED) is 0.856. The first-order valence-electron chi connectivity index (χ1n) is 7.73. The van der Waals surface area contributed by atoms with Crippen LogP contribution in [0.2, 0.25) is 0 Å². The monoisotopic (exact) mass is 340 g/mol. The number of carbonyl (C=O) groups is 2. The number of carbonyl (C=O) groups excluding carboxylic acids is 2. The van der Waals surface area contributed by atoms with E-state index in [0.717, 1.165) is 28.1 Å². The molecular weight excluding hydrogens is 324 g/mol. The Morgan fingerprint density at radius 1 is 1.00 bits per heavy atom. The van der Waals surface area contributed by atoms with Gasteiger partial charge >= 0.3 is 0 Å².